The molecule has 1 aliphatic rings. The van der Waals surface area contributed by atoms with E-state index in [9.17, 15) is 18.0 Å². The molecule has 222 valence electrons. The summed E-state index contributed by atoms with van der Waals surface area (Å²) in [6, 6.07) is 29.2. The number of esters is 1. The van der Waals surface area contributed by atoms with Crippen LogP contribution in [0.1, 0.15) is 55.8 Å². The fraction of sp³-hybridized carbons (Fsp3) is 0.235. The van der Waals surface area contributed by atoms with Gasteiger partial charge in [0.1, 0.15) is 22.9 Å². The van der Waals surface area contributed by atoms with Crippen LogP contribution < -0.4 is 9.50 Å². The van der Waals surface area contributed by atoms with Crippen molar-refractivity contribution in [2.45, 2.75) is 49.6 Å². The lowest BCUT2D eigenvalue weighted by Gasteiger charge is -2.23. The van der Waals surface area contributed by atoms with Crippen LogP contribution in [0.5, 0.6) is 5.75 Å². The van der Waals surface area contributed by atoms with E-state index >= 15 is 0 Å². The van der Waals surface area contributed by atoms with E-state index in [0.717, 1.165) is 22.3 Å². The van der Waals surface area contributed by atoms with Crippen LogP contribution in [-0.2, 0) is 24.4 Å². The topological polar surface area (TPSA) is 108 Å². The predicted octanol–water partition coefficient (Wildman–Crippen LogP) is 6.77. The highest BCUT2D eigenvalue weighted by Gasteiger charge is 2.30. The van der Waals surface area contributed by atoms with Gasteiger partial charge in [0.2, 0.25) is 0 Å². The number of carbonyl (C=O) groups excluding carboxylic acids is 2. The van der Waals surface area contributed by atoms with Crippen molar-refractivity contribution in [3.8, 4) is 16.9 Å². The maximum Gasteiger partial charge on any atom is 0.407 e. The monoisotopic (exact) mass is 599 g/mol. The van der Waals surface area contributed by atoms with Crippen LogP contribution in [0, 0.1) is 0 Å². The molecule has 0 aromatic heterocycles. The zero-order valence-corrected chi connectivity index (χ0v) is 25.0. The van der Waals surface area contributed by atoms with E-state index in [1.54, 1.807) is 51.1 Å². The molecule has 1 N–H and O–H groups in total. The molecule has 1 atom stereocenters. The van der Waals surface area contributed by atoms with Crippen molar-refractivity contribution in [2.24, 2.45) is 0 Å². The molecule has 0 heterocycles. The Labute approximate surface area is 251 Å². The SMILES string of the molecule is CC(C)(C)OC(=O)CC(NC(=O)OCC1c2ccccc2-c2ccccc21)c1ccc(OS(=O)(=O)c2ccccc2)cc1. The molecule has 43 heavy (non-hydrogen) atoms. The third-order valence-corrected chi connectivity index (χ3v) is 8.21. The minimum atomic E-state index is -4.03. The first kappa shape index (κ1) is 29.8. The van der Waals surface area contributed by atoms with Gasteiger partial charge in [-0.2, -0.15) is 8.42 Å². The van der Waals surface area contributed by atoms with Gasteiger partial charge in [-0.3, -0.25) is 4.79 Å². The summed E-state index contributed by atoms with van der Waals surface area (Å²) in [5.41, 5.74) is 4.24. The lowest BCUT2D eigenvalue weighted by Crippen LogP contribution is -2.33. The average Bonchev–Trinajstić information content (AvgIpc) is 3.29. The standard InChI is InChI=1S/C34H33NO7S/c1-34(2,3)41-32(36)21-31(23-17-19-24(20-18-23)42-43(38,39)25-11-5-4-6-12-25)35-33(37)40-22-30-28-15-9-7-13-26(28)27-14-8-10-16-29(27)30/h4-20,30-31H,21-22H2,1-3H3,(H,35,37). The summed E-state index contributed by atoms with van der Waals surface area (Å²) in [7, 11) is -4.03. The minimum Gasteiger partial charge on any atom is -0.460 e. The minimum absolute atomic E-state index is 0.0267. The Balaban J connectivity index is 1.30. The predicted molar refractivity (Wildman–Crippen MR) is 162 cm³/mol. The van der Waals surface area contributed by atoms with Crippen LogP contribution in [0.25, 0.3) is 11.1 Å². The second kappa shape index (κ2) is 12.3. The van der Waals surface area contributed by atoms with E-state index in [2.05, 4.69) is 17.4 Å². The number of nitrogens with one attached hydrogen (secondary N) is 1. The molecule has 4 aromatic rings. The molecular formula is C34H33NO7S. The van der Waals surface area contributed by atoms with E-state index in [4.69, 9.17) is 13.7 Å². The van der Waals surface area contributed by atoms with Crippen molar-refractivity contribution in [2.75, 3.05) is 6.61 Å². The highest BCUT2D eigenvalue weighted by atomic mass is 32.2. The summed E-state index contributed by atoms with van der Waals surface area (Å²) >= 11 is 0. The third kappa shape index (κ3) is 7.24. The normalized spacial score (nSPS) is 13.4. The molecule has 0 radical (unpaired) electrons. The summed E-state index contributed by atoms with van der Waals surface area (Å²) in [5, 5.41) is 2.79. The zero-order chi connectivity index (χ0) is 30.6. The number of ether oxygens (including phenoxy) is 2. The van der Waals surface area contributed by atoms with Crippen molar-refractivity contribution in [1.82, 2.24) is 5.32 Å². The van der Waals surface area contributed by atoms with E-state index in [1.165, 1.54) is 24.3 Å². The average molecular weight is 600 g/mol. The van der Waals surface area contributed by atoms with Crippen LogP contribution in [-0.4, -0.2) is 32.7 Å². The van der Waals surface area contributed by atoms with Crippen molar-refractivity contribution < 1.29 is 31.7 Å². The number of amides is 1. The molecule has 0 fully saturated rings. The Kier molecular flexibility index (Phi) is 8.54. The van der Waals surface area contributed by atoms with Gasteiger partial charge in [-0.25, -0.2) is 4.79 Å². The Morgan fingerprint density at radius 1 is 0.791 bits per heavy atom. The van der Waals surface area contributed by atoms with Gasteiger partial charge in [-0.15, -0.1) is 0 Å². The van der Waals surface area contributed by atoms with E-state index in [1.807, 2.05) is 36.4 Å². The van der Waals surface area contributed by atoms with E-state index < -0.39 is 33.8 Å². The smallest absolute Gasteiger partial charge is 0.407 e. The second-order valence-electron chi connectivity index (χ2n) is 11.2. The van der Waals surface area contributed by atoms with Gasteiger partial charge < -0.3 is 19.0 Å². The van der Waals surface area contributed by atoms with Gasteiger partial charge in [0.05, 0.1) is 12.5 Å². The molecule has 5 rings (SSSR count). The van der Waals surface area contributed by atoms with Crippen molar-refractivity contribution in [1.29, 1.82) is 0 Å². The molecule has 4 aromatic carbocycles. The molecular weight excluding hydrogens is 566 g/mol. The van der Waals surface area contributed by atoms with Crippen molar-refractivity contribution in [3.63, 3.8) is 0 Å². The Bertz CT molecular complexity index is 1670. The number of hydrogen-bond acceptors (Lipinski definition) is 7. The Morgan fingerprint density at radius 2 is 1.35 bits per heavy atom. The van der Waals surface area contributed by atoms with Gasteiger partial charge in [-0.05, 0) is 72.9 Å². The van der Waals surface area contributed by atoms with E-state index in [0.29, 0.717) is 5.56 Å². The van der Waals surface area contributed by atoms with Gasteiger partial charge in [0.25, 0.3) is 0 Å². The summed E-state index contributed by atoms with van der Waals surface area (Å²) in [6.45, 7) is 5.40. The molecule has 0 bridgehead atoms. The van der Waals surface area contributed by atoms with Crippen LogP contribution in [0.4, 0.5) is 4.79 Å². The number of fused-ring (bicyclic) bond motifs is 3. The third-order valence-electron chi connectivity index (χ3n) is 6.95. The first-order valence-electron chi connectivity index (χ1n) is 13.9. The molecule has 0 saturated heterocycles. The first-order chi connectivity index (χ1) is 20.5. The largest absolute Gasteiger partial charge is 0.460 e. The van der Waals surface area contributed by atoms with Gasteiger partial charge in [0.15, 0.2) is 0 Å². The highest BCUT2D eigenvalue weighted by Crippen LogP contribution is 2.44. The highest BCUT2D eigenvalue weighted by molar-refractivity contribution is 7.87. The number of rotatable bonds is 9. The lowest BCUT2D eigenvalue weighted by atomic mass is 9.98. The van der Waals surface area contributed by atoms with Crippen LogP contribution in [0.3, 0.4) is 0 Å². The maximum atomic E-state index is 13.1. The van der Waals surface area contributed by atoms with Crippen molar-refractivity contribution >= 4 is 22.2 Å². The number of hydrogen-bond donors (Lipinski definition) is 1. The Hall–Kier alpha value is -4.63. The van der Waals surface area contributed by atoms with E-state index in [-0.39, 0.29) is 29.6 Å². The second-order valence-corrected chi connectivity index (χ2v) is 12.8. The first-order valence-corrected chi connectivity index (χ1v) is 15.3. The molecule has 0 saturated carbocycles. The van der Waals surface area contributed by atoms with Crippen LogP contribution >= 0.6 is 0 Å². The summed E-state index contributed by atoms with van der Waals surface area (Å²) in [4.78, 5) is 25.9. The maximum absolute atomic E-state index is 13.1. The Morgan fingerprint density at radius 3 is 1.93 bits per heavy atom. The van der Waals surface area contributed by atoms with Crippen LogP contribution in [0.15, 0.2) is 108 Å². The number of carbonyl (C=O) groups is 2. The fourth-order valence-corrected chi connectivity index (χ4v) is 6.05. The van der Waals surface area contributed by atoms with Crippen molar-refractivity contribution in [3.05, 3.63) is 120 Å². The molecule has 0 spiro atoms. The van der Waals surface area contributed by atoms with Crippen LogP contribution in [0.2, 0.25) is 0 Å². The quantitative estimate of drug-likeness (QED) is 0.167. The summed E-state index contributed by atoms with van der Waals surface area (Å²) < 4.78 is 41.7. The molecule has 1 unspecified atom stereocenters. The lowest BCUT2D eigenvalue weighted by molar-refractivity contribution is -0.155. The molecule has 0 aliphatic heterocycles. The zero-order valence-electron chi connectivity index (χ0n) is 24.1. The summed E-state index contributed by atoms with van der Waals surface area (Å²) in [5.74, 6) is -0.543. The number of alkyl carbamates (subject to hydrolysis) is 1. The molecule has 1 aliphatic carbocycles. The molecule has 9 heteroatoms. The molecule has 8 nitrogen and oxygen atoms in total. The van der Waals surface area contributed by atoms with Gasteiger partial charge >= 0.3 is 22.2 Å². The summed E-state index contributed by atoms with van der Waals surface area (Å²) in [6.07, 6.45) is -0.855. The van der Waals surface area contributed by atoms with Gasteiger partial charge in [-0.1, -0.05) is 78.9 Å². The molecule has 1 amide bonds. The van der Waals surface area contributed by atoms with Gasteiger partial charge in [0, 0.05) is 5.92 Å². The number of benzene rings is 4. The fourth-order valence-electron chi connectivity index (χ4n) is 5.10.